The van der Waals surface area contributed by atoms with Crippen molar-refractivity contribution in [2.24, 2.45) is 0 Å². The second kappa shape index (κ2) is 6.42. The Hall–Kier alpha value is -1.34. The van der Waals surface area contributed by atoms with Gasteiger partial charge in [0.25, 0.3) is 11.8 Å². The quantitative estimate of drug-likeness (QED) is 0.902. The van der Waals surface area contributed by atoms with Gasteiger partial charge in [0.1, 0.15) is 5.75 Å². The van der Waals surface area contributed by atoms with Gasteiger partial charge in [-0.25, -0.2) is 0 Å². The zero-order chi connectivity index (χ0) is 16.5. The first-order valence-electron chi connectivity index (χ1n) is 6.78. The molecule has 1 aliphatic heterocycles. The molecule has 2 amide bonds. The predicted molar refractivity (Wildman–Crippen MR) is 90.9 cm³/mol. The third kappa shape index (κ3) is 2.67. The molecular formula is C15H20N2O3S2. The Bertz CT molecular complexity index is 579. The number of nitrogens with zero attached hydrogens (tertiary/aromatic N) is 2. The Balaban J connectivity index is 2.40. The SMILES string of the molecule is CSC1C(=O)N(C)C(Cc2ccc(O)cc2)(SC)C(=O)N1C. The Morgan fingerprint density at radius 2 is 1.77 bits per heavy atom. The molecule has 1 N–H and O–H groups in total. The average molecular weight is 340 g/mol. The summed E-state index contributed by atoms with van der Waals surface area (Å²) >= 11 is 2.73. The van der Waals surface area contributed by atoms with E-state index < -0.39 is 10.2 Å². The summed E-state index contributed by atoms with van der Waals surface area (Å²) in [6.45, 7) is 0. The van der Waals surface area contributed by atoms with Crippen LogP contribution in [0.2, 0.25) is 0 Å². The number of aromatic hydroxyl groups is 1. The maximum absolute atomic E-state index is 12.9. The van der Waals surface area contributed by atoms with Gasteiger partial charge in [0.2, 0.25) is 0 Å². The highest BCUT2D eigenvalue weighted by Gasteiger charge is 2.53. The van der Waals surface area contributed by atoms with Crippen molar-refractivity contribution < 1.29 is 14.7 Å². The molecule has 0 aliphatic carbocycles. The van der Waals surface area contributed by atoms with Gasteiger partial charge in [-0.2, -0.15) is 0 Å². The van der Waals surface area contributed by atoms with Gasteiger partial charge in [-0.1, -0.05) is 12.1 Å². The van der Waals surface area contributed by atoms with E-state index in [-0.39, 0.29) is 17.6 Å². The largest absolute Gasteiger partial charge is 0.508 e. The number of carbonyl (C=O) groups is 2. The van der Waals surface area contributed by atoms with E-state index in [4.69, 9.17) is 0 Å². The van der Waals surface area contributed by atoms with Crippen LogP contribution in [-0.4, -0.2) is 63.6 Å². The first-order valence-corrected chi connectivity index (χ1v) is 9.29. The van der Waals surface area contributed by atoms with Crippen molar-refractivity contribution >= 4 is 35.3 Å². The van der Waals surface area contributed by atoms with Crippen LogP contribution in [0.5, 0.6) is 5.75 Å². The van der Waals surface area contributed by atoms with Gasteiger partial charge in [0.05, 0.1) is 0 Å². The second-order valence-electron chi connectivity index (χ2n) is 5.23. The molecule has 1 aromatic carbocycles. The summed E-state index contributed by atoms with van der Waals surface area (Å²) < 4.78 is 0. The number of benzene rings is 1. The lowest BCUT2D eigenvalue weighted by Crippen LogP contribution is -2.68. The summed E-state index contributed by atoms with van der Waals surface area (Å²) in [5.74, 6) is 0.0400. The van der Waals surface area contributed by atoms with Crippen LogP contribution < -0.4 is 0 Å². The number of likely N-dealkylation sites (N-methyl/N-ethyl adjacent to an activating group) is 2. The van der Waals surface area contributed by atoms with E-state index in [9.17, 15) is 14.7 Å². The van der Waals surface area contributed by atoms with E-state index in [1.165, 1.54) is 28.4 Å². The molecule has 0 radical (unpaired) electrons. The third-order valence-electron chi connectivity index (χ3n) is 4.03. The summed E-state index contributed by atoms with van der Waals surface area (Å²) in [5.41, 5.74) is 0.899. The number of phenolic OH excluding ortho intramolecular Hbond substituents is 1. The van der Waals surface area contributed by atoms with Crippen molar-refractivity contribution in [1.82, 2.24) is 9.80 Å². The molecule has 0 saturated carbocycles. The Labute approximate surface area is 139 Å². The highest BCUT2D eigenvalue weighted by atomic mass is 32.2. The monoisotopic (exact) mass is 340 g/mol. The Morgan fingerprint density at radius 3 is 2.27 bits per heavy atom. The van der Waals surface area contributed by atoms with Crippen LogP contribution in [0, 0.1) is 0 Å². The molecule has 1 fully saturated rings. The molecule has 2 rings (SSSR count). The minimum Gasteiger partial charge on any atom is -0.508 e. The number of carbonyl (C=O) groups excluding carboxylic acids is 2. The van der Waals surface area contributed by atoms with Gasteiger partial charge >= 0.3 is 0 Å². The number of rotatable bonds is 4. The van der Waals surface area contributed by atoms with Crippen LogP contribution in [0.25, 0.3) is 0 Å². The fraction of sp³-hybridized carbons (Fsp3) is 0.467. The first-order chi connectivity index (χ1) is 10.4. The molecule has 0 bridgehead atoms. The predicted octanol–water partition coefficient (Wildman–Crippen LogP) is 1.61. The van der Waals surface area contributed by atoms with E-state index in [0.717, 1.165) is 5.56 Å². The summed E-state index contributed by atoms with van der Waals surface area (Å²) in [6.07, 6.45) is 4.07. The lowest BCUT2D eigenvalue weighted by atomic mass is 10.0. The Kier molecular flexibility index (Phi) is 4.97. The molecule has 1 heterocycles. The number of thioether (sulfide) groups is 2. The zero-order valence-corrected chi connectivity index (χ0v) is 14.7. The van der Waals surface area contributed by atoms with Gasteiger partial charge in [-0.05, 0) is 30.2 Å². The third-order valence-corrected chi connectivity index (χ3v) is 6.26. The standard InChI is InChI=1S/C15H20N2O3S2/c1-16-13(21-3)12(19)17(2)15(22-4,14(16)20)9-10-5-7-11(18)8-6-10/h5-8,13,18H,9H2,1-4H3. The average Bonchev–Trinajstić information content (AvgIpc) is 2.52. The summed E-state index contributed by atoms with van der Waals surface area (Å²) in [5, 5.41) is 8.92. The van der Waals surface area contributed by atoms with Crippen molar-refractivity contribution in [3.8, 4) is 5.75 Å². The van der Waals surface area contributed by atoms with Crippen LogP contribution in [0.1, 0.15) is 5.56 Å². The van der Waals surface area contributed by atoms with Gasteiger partial charge in [0, 0.05) is 20.5 Å². The van der Waals surface area contributed by atoms with Crippen LogP contribution >= 0.6 is 23.5 Å². The molecule has 7 heteroatoms. The van der Waals surface area contributed by atoms with E-state index in [0.29, 0.717) is 6.42 Å². The molecule has 1 aromatic rings. The molecular weight excluding hydrogens is 320 g/mol. The van der Waals surface area contributed by atoms with E-state index in [1.54, 1.807) is 43.3 Å². The maximum Gasteiger partial charge on any atom is 0.260 e. The van der Waals surface area contributed by atoms with Crippen molar-refractivity contribution in [2.45, 2.75) is 16.7 Å². The minimum absolute atomic E-state index is 0.0669. The zero-order valence-electron chi connectivity index (χ0n) is 13.1. The lowest BCUT2D eigenvalue weighted by molar-refractivity contribution is -0.156. The number of hydrogen-bond donors (Lipinski definition) is 1. The van der Waals surface area contributed by atoms with Crippen LogP contribution in [-0.2, 0) is 16.0 Å². The molecule has 5 nitrogen and oxygen atoms in total. The minimum atomic E-state index is -0.949. The lowest BCUT2D eigenvalue weighted by Gasteiger charge is -2.48. The number of piperazine rings is 1. The Morgan fingerprint density at radius 1 is 1.18 bits per heavy atom. The molecule has 2 unspecified atom stereocenters. The van der Waals surface area contributed by atoms with E-state index in [2.05, 4.69) is 0 Å². The molecule has 1 saturated heterocycles. The van der Waals surface area contributed by atoms with Gasteiger partial charge in [-0.15, -0.1) is 23.5 Å². The normalized spacial score (nSPS) is 25.7. The number of phenols is 1. The molecule has 1 aliphatic rings. The van der Waals surface area contributed by atoms with Crippen molar-refractivity contribution in [1.29, 1.82) is 0 Å². The topological polar surface area (TPSA) is 60.9 Å². The highest BCUT2D eigenvalue weighted by molar-refractivity contribution is 8.01. The van der Waals surface area contributed by atoms with Crippen LogP contribution in [0.15, 0.2) is 24.3 Å². The molecule has 22 heavy (non-hydrogen) atoms. The first kappa shape index (κ1) is 17.0. The number of amides is 2. The van der Waals surface area contributed by atoms with Gasteiger partial charge < -0.3 is 14.9 Å². The van der Waals surface area contributed by atoms with Gasteiger partial charge in [0.15, 0.2) is 10.2 Å². The fourth-order valence-electron chi connectivity index (χ4n) is 2.67. The summed E-state index contributed by atoms with van der Waals surface area (Å²) in [4.78, 5) is 27.7. The van der Waals surface area contributed by atoms with Crippen LogP contribution in [0.3, 0.4) is 0 Å². The molecule has 0 aromatic heterocycles. The molecule has 2 atom stereocenters. The van der Waals surface area contributed by atoms with E-state index >= 15 is 0 Å². The highest BCUT2D eigenvalue weighted by Crippen LogP contribution is 2.38. The molecule has 0 spiro atoms. The van der Waals surface area contributed by atoms with Gasteiger partial charge in [-0.3, -0.25) is 9.59 Å². The van der Waals surface area contributed by atoms with Crippen molar-refractivity contribution in [2.75, 3.05) is 26.6 Å². The van der Waals surface area contributed by atoms with Crippen molar-refractivity contribution in [3.05, 3.63) is 29.8 Å². The summed E-state index contributed by atoms with van der Waals surface area (Å²) in [6, 6.07) is 6.74. The van der Waals surface area contributed by atoms with E-state index in [1.807, 2.05) is 12.5 Å². The number of hydrogen-bond acceptors (Lipinski definition) is 5. The smallest absolute Gasteiger partial charge is 0.260 e. The fourth-order valence-corrected chi connectivity index (χ4v) is 4.44. The van der Waals surface area contributed by atoms with Crippen LogP contribution in [0.4, 0.5) is 0 Å². The molecule has 120 valence electrons. The van der Waals surface area contributed by atoms with Crippen molar-refractivity contribution in [3.63, 3.8) is 0 Å². The maximum atomic E-state index is 12.9. The second-order valence-corrected chi connectivity index (χ2v) is 7.23. The summed E-state index contributed by atoms with van der Waals surface area (Å²) in [7, 11) is 3.36.